The van der Waals surface area contributed by atoms with Crippen LogP contribution in [-0.4, -0.2) is 0 Å². The molecule has 0 bridgehead atoms. The fraction of sp³-hybridized carbons (Fsp3) is 0. The highest BCUT2D eigenvalue weighted by molar-refractivity contribution is 6.13. The van der Waals surface area contributed by atoms with Crippen molar-refractivity contribution in [3.05, 3.63) is 109 Å². The van der Waals surface area contributed by atoms with E-state index in [-0.39, 0.29) is 0 Å². The average Bonchev–Trinajstić information content (AvgIpc) is 3.42. The van der Waals surface area contributed by atoms with E-state index in [2.05, 4.69) is 78.9 Å². The maximum atomic E-state index is 6.24. The quantitative estimate of drug-likeness (QED) is 0.284. The van der Waals surface area contributed by atoms with Crippen molar-refractivity contribution in [1.82, 2.24) is 0 Å². The maximum absolute atomic E-state index is 6.24. The molecule has 0 amide bonds. The highest BCUT2D eigenvalue weighted by Crippen LogP contribution is 2.39. The Morgan fingerprint density at radius 3 is 1.75 bits per heavy atom. The van der Waals surface area contributed by atoms with Crippen molar-refractivity contribution in [3.63, 3.8) is 0 Å². The SMILES string of the molecule is c1ccc2c(c1)oc1c(-c3ccc(-c4cccc5oc6ccccc6c45)cc3)cccc12. The van der Waals surface area contributed by atoms with Crippen LogP contribution in [-0.2, 0) is 0 Å². The Morgan fingerprint density at radius 2 is 0.938 bits per heavy atom. The van der Waals surface area contributed by atoms with Crippen LogP contribution in [0.4, 0.5) is 0 Å². The minimum atomic E-state index is 0.916. The molecule has 0 aliphatic rings. The highest BCUT2D eigenvalue weighted by atomic mass is 16.3. The molecule has 0 unspecified atom stereocenters. The molecular weight excluding hydrogens is 392 g/mol. The van der Waals surface area contributed by atoms with Gasteiger partial charge < -0.3 is 8.83 Å². The summed E-state index contributed by atoms with van der Waals surface area (Å²) in [6.07, 6.45) is 0. The van der Waals surface area contributed by atoms with Crippen LogP contribution in [0.3, 0.4) is 0 Å². The van der Waals surface area contributed by atoms with Crippen LogP contribution in [0.15, 0.2) is 118 Å². The largest absolute Gasteiger partial charge is 0.456 e. The van der Waals surface area contributed by atoms with Gasteiger partial charge in [-0.3, -0.25) is 0 Å². The molecule has 0 aliphatic heterocycles. The first kappa shape index (κ1) is 17.4. The van der Waals surface area contributed by atoms with E-state index in [1.807, 2.05) is 30.3 Å². The Morgan fingerprint density at radius 1 is 0.375 bits per heavy atom. The topological polar surface area (TPSA) is 26.3 Å². The lowest BCUT2D eigenvalue weighted by molar-refractivity contribution is 0.669. The normalized spacial score (nSPS) is 11.8. The van der Waals surface area contributed by atoms with Gasteiger partial charge in [-0.05, 0) is 34.9 Å². The van der Waals surface area contributed by atoms with Gasteiger partial charge in [0.15, 0.2) is 0 Å². The molecule has 7 rings (SSSR count). The molecule has 2 heterocycles. The molecule has 0 atom stereocenters. The van der Waals surface area contributed by atoms with E-state index >= 15 is 0 Å². The standard InChI is InChI=1S/C30H18O2/c1-3-12-26-23(7-1)24-11-5-10-22(30(24)32-26)20-17-15-19(16-18-20)21-9-6-14-28-29(21)25-8-2-4-13-27(25)31-28/h1-18H. The second-order valence-corrected chi connectivity index (χ2v) is 8.13. The van der Waals surface area contributed by atoms with Gasteiger partial charge in [-0.25, -0.2) is 0 Å². The Kier molecular flexibility index (Phi) is 3.58. The third kappa shape index (κ3) is 2.47. The Balaban J connectivity index is 1.39. The van der Waals surface area contributed by atoms with Gasteiger partial charge in [-0.1, -0.05) is 91.0 Å². The van der Waals surface area contributed by atoms with Gasteiger partial charge in [0.2, 0.25) is 0 Å². The van der Waals surface area contributed by atoms with Crippen molar-refractivity contribution in [3.8, 4) is 22.3 Å². The molecule has 150 valence electrons. The van der Waals surface area contributed by atoms with E-state index in [1.165, 1.54) is 11.1 Å². The Hall–Kier alpha value is -4.30. The third-order valence-electron chi connectivity index (χ3n) is 6.31. The first-order valence-corrected chi connectivity index (χ1v) is 10.8. The number of benzene rings is 5. The lowest BCUT2D eigenvalue weighted by Crippen LogP contribution is -1.82. The predicted molar refractivity (Wildman–Crippen MR) is 132 cm³/mol. The van der Waals surface area contributed by atoms with Gasteiger partial charge >= 0.3 is 0 Å². The minimum Gasteiger partial charge on any atom is -0.456 e. The molecule has 0 fully saturated rings. The highest BCUT2D eigenvalue weighted by Gasteiger charge is 2.14. The number of hydrogen-bond donors (Lipinski definition) is 0. The van der Waals surface area contributed by atoms with Gasteiger partial charge in [0.25, 0.3) is 0 Å². The molecular formula is C30H18O2. The van der Waals surface area contributed by atoms with Crippen molar-refractivity contribution in [2.75, 3.05) is 0 Å². The second-order valence-electron chi connectivity index (χ2n) is 8.13. The van der Waals surface area contributed by atoms with Crippen LogP contribution in [0, 0.1) is 0 Å². The van der Waals surface area contributed by atoms with Crippen molar-refractivity contribution < 1.29 is 8.83 Å². The van der Waals surface area contributed by atoms with Gasteiger partial charge in [0.05, 0.1) is 0 Å². The molecule has 7 aromatic rings. The number of hydrogen-bond acceptors (Lipinski definition) is 2. The van der Waals surface area contributed by atoms with E-state index in [0.29, 0.717) is 0 Å². The fourth-order valence-corrected chi connectivity index (χ4v) is 4.82. The van der Waals surface area contributed by atoms with Gasteiger partial charge in [0.1, 0.15) is 22.3 Å². The van der Waals surface area contributed by atoms with E-state index < -0.39 is 0 Å². The maximum Gasteiger partial charge on any atom is 0.143 e. The molecule has 0 saturated carbocycles. The third-order valence-corrected chi connectivity index (χ3v) is 6.31. The zero-order valence-corrected chi connectivity index (χ0v) is 17.2. The van der Waals surface area contributed by atoms with Crippen LogP contribution in [0.5, 0.6) is 0 Å². The van der Waals surface area contributed by atoms with Crippen LogP contribution in [0.1, 0.15) is 0 Å². The molecule has 2 aromatic heterocycles. The summed E-state index contributed by atoms with van der Waals surface area (Å²) in [5, 5.41) is 4.61. The summed E-state index contributed by atoms with van der Waals surface area (Å²) >= 11 is 0. The first-order valence-electron chi connectivity index (χ1n) is 10.8. The number of para-hydroxylation sites is 3. The molecule has 2 heteroatoms. The van der Waals surface area contributed by atoms with Crippen LogP contribution in [0.25, 0.3) is 66.1 Å². The molecule has 0 N–H and O–H groups in total. The molecule has 0 aliphatic carbocycles. The summed E-state index contributed by atoms with van der Waals surface area (Å²) in [5.74, 6) is 0. The Labute approximate surface area is 184 Å². The fourth-order valence-electron chi connectivity index (χ4n) is 4.82. The van der Waals surface area contributed by atoms with Crippen molar-refractivity contribution >= 4 is 43.9 Å². The molecule has 0 radical (unpaired) electrons. The van der Waals surface area contributed by atoms with Gasteiger partial charge in [0, 0.05) is 27.1 Å². The van der Waals surface area contributed by atoms with E-state index in [9.17, 15) is 0 Å². The first-order chi connectivity index (χ1) is 15.9. The molecule has 5 aromatic carbocycles. The monoisotopic (exact) mass is 410 g/mol. The number of rotatable bonds is 2. The minimum absolute atomic E-state index is 0.916. The summed E-state index contributed by atoms with van der Waals surface area (Å²) in [6, 6.07) is 37.8. The smallest absolute Gasteiger partial charge is 0.143 e. The van der Waals surface area contributed by atoms with Crippen LogP contribution in [0.2, 0.25) is 0 Å². The predicted octanol–water partition coefficient (Wildman–Crippen LogP) is 8.82. The van der Waals surface area contributed by atoms with E-state index in [4.69, 9.17) is 8.83 Å². The molecule has 2 nitrogen and oxygen atoms in total. The summed E-state index contributed by atoms with van der Waals surface area (Å²) in [4.78, 5) is 0. The van der Waals surface area contributed by atoms with Crippen molar-refractivity contribution in [1.29, 1.82) is 0 Å². The van der Waals surface area contributed by atoms with E-state index in [1.54, 1.807) is 0 Å². The lowest BCUT2D eigenvalue weighted by Gasteiger charge is -2.07. The zero-order valence-electron chi connectivity index (χ0n) is 17.2. The zero-order chi connectivity index (χ0) is 21.1. The summed E-state index contributed by atoms with van der Waals surface area (Å²) < 4.78 is 12.3. The van der Waals surface area contributed by atoms with Gasteiger partial charge in [-0.15, -0.1) is 0 Å². The van der Waals surface area contributed by atoms with E-state index in [0.717, 1.165) is 55.0 Å². The summed E-state index contributed by atoms with van der Waals surface area (Å²) in [7, 11) is 0. The lowest BCUT2D eigenvalue weighted by atomic mass is 9.96. The van der Waals surface area contributed by atoms with Crippen molar-refractivity contribution in [2.24, 2.45) is 0 Å². The summed E-state index contributed by atoms with van der Waals surface area (Å²) in [5.41, 5.74) is 8.29. The molecule has 0 saturated heterocycles. The van der Waals surface area contributed by atoms with Crippen LogP contribution < -0.4 is 0 Å². The summed E-state index contributed by atoms with van der Waals surface area (Å²) in [6.45, 7) is 0. The second kappa shape index (κ2) is 6.60. The van der Waals surface area contributed by atoms with Crippen LogP contribution >= 0.6 is 0 Å². The average molecular weight is 410 g/mol. The molecule has 32 heavy (non-hydrogen) atoms. The number of fused-ring (bicyclic) bond motifs is 6. The van der Waals surface area contributed by atoms with Crippen molar-refractivity contribution in [2.45, 2.75) is 0 Å². The van der Waals surface area contributed by atoms with Gasteiger partial charge in [-0.2, -0.15) is 0 Å². The molecule has 0 spiro atoms. The number of furan rings is 2. The Bertz CT molecular complexity index is 1760.